The van der Waals surface area contributed by atoms with Crippen LogP contribution in [0.4, 0.5) is 0 Å². The van der Waals surface area contributed by atoms with Crippen LogP contribution >= 0.6 is 11.8 Å². The Hall–Kier alpha value is -2.95. The van der Waals surface area contributed by atoms with Gasteiger partial charge in [0.2, 0.25) is 10.0 Å². The Morgan fingerprint density at radius 2 is 1.82 bits per heavy atom. The average Bonchev–Trinajstić information content (AvgIpc) is 3.37. The van der Waals surface area contributed by atoms with Gasteiger partial charge in [0.1, 0.15) is 5.82 Å². The molecule has 0 aliphatic rings. The fraction of sp³-hybridized carbons (Fsp3) is 0.261. The van der Waals surface area contributed by atoms with Gasteiger partial charge in [-0.2, -0.15) is 0 Å². The van der Waals surface area contributed by atoms with Crippen LogP contribution in [-0.4, -0.2) is 51.0 Å². The molecule has 0 spiro atoms. The minimum absolute atomic E-state index is 0.241. The van der Waals surface area contributed by atoms with E-state index in [2.05, 4.69) is 45.1 Å². The zero-order valence-electron chi connectivity index (χ0n) is 18.8. The van der Waals surface area contributed by atoms with Crippen molar-refractivity contribution >= 4 is 49.4 Å². The van der Waals surface area contributed by atoms with Crippen LogP contribution < -0.4 is 0 Å². The molecule has 0 saturated carbocycles. The van der Waals surface area contributed by atoms with E-state index in [9.17, 15) is 8.42 Å². The number of hydrogen-bond acceptors (Lipinski definition) is 6. The third-order valence-corrected chi connectivity index (χ3v) is 8.53. The predicted octanol–water partition coefficient (Wildman–Crippen LogP) is 4.10. The molecule has 0 unspecified atom stereocenters. The first-order valence-electron chi connectivity index (χ1n) is 10.6. The largest absolute Gasteiger partial charge is 0.328 e. The van der Waals surface area contributed by atoms with Gasteiger partial charge in [-0.25, -0.2) is 17.7 Å². The number of para-hydroxylation sites is 1. The lowest BCUT2D eigenvalue weighted by molar-refractivity contribution is 0.521. The summed E-state index contributed by atoms with van der Waals surface area (Å²) in [6.45, 7) is 4.87. The normalized spacial score (nSPS) is 12.5. The number of aromatic nitrogens is 5. The van der Waals surface area contributed by atoms with Crippen molar-refractivity contribution < 1.29 is 8.42 Å². The lowest BCUT2D eigenvalue weighted by Gasteiger charge is -2.11. The third kappa shape index (κ3) is 3.58. The quantitative estimate of drug-likeness (QED) is 0.340. The van der Waals surface area contributed by atoms with Gasteiger partial charge in [-0.15, -0.1) is 10.2 Å². The predicted molar refractivity (Wildman–Crippen MR) is 131 cm³/mol. The standard InChI is InChI=1S/C23H24N6O2S2/c1-5-28-20-11-10-16(33(30,31)27(3)4)13-18(20)24-22(28)14-32-23-26-25-21-12-15(2)17-8-6-7-9-19(17)29(21)23/h6-13H,5,14H2,1-4H3. The number of benzene rings is 2. The van der Waals surface area contributed by atoms with Crippen LogP contribution in [-0.2, 0) is 22.3 Å². The summed E-state index contributed by atoms with van der Waals surface area (Å²) in [5.41, 5.74) is 4.64. The molecule has 0 aliphatic carbocycles. The van der Waals surface area contributed by atoms with Crippen LogP contribution in [0.2, 0.25) is 0 Å². The first-order valence-corrected chi connectivity index (χ1v) is 13.0. The number of nitrogens with zero attached hydrogens (tertiary/aromatic N) is 6. The Morgan fingerprint density at radius 3 is 2.58 bits per heavy atom. The molecule has 3 heterocycles. The molecule has 0 saturated heterocycles. The second-order valence-electron chi connectivity index (χ2n) is 8.02. The second kappa shape index (κ2) is 8.12. The minimum Gasteiger partial charge on any atom is -0.328 e. The van der Waals surface area contributed by atoms with Gasteiger partial charge in [-0.3, -0.25) is 4.40 Å². The third-order valence-electron chi connectivity index (χ3n) is 5.80. The smallest absolute Gasteiger partial charge is 0.242 e. The van der Waals surface area contributed by atoms with Gasteiger partial charge >= 0.3 is 0 Å². The van der Waals surface area contributed by atoms with E-state index in [0.29, 0.717) is 11.3 Å². The molecule has 0 amide bonds. The van der Waals surface area contributed by atoms with Crippen LogP contribution in [0.15, 0.2) is 58.6 Å². The molecule has 0 aliphatic heterocycles. The van der Waals surface area contributed by atoms with E-state index in [1.807, 2.05) is 24.3 Å². The minimum atomic E-state index is -3.52. The Labute approximate surface area is 196 Å². The molecule has 5 aromatic rings. The first-order chi connectivity index (χ1) is 15.8. The number of thioether (sulfide) groups is 1. The summed E-state index contributed by atoms with van der Waals surface area (Å²) in [7, 11) is -0.462. The highest BCUT2D eigenvalue weighted by atomic mass is 32.2. The fourth-order valence-electron chi connectivity index (χ4n) is 4.09. The molecule has 0 radical (unpaired) electrons. The van der Waals surface area contributed by atoms with E-state index in [-0.39, 0.29) is 4.90 Å². The summed E-state index contributed by atoms with van der Waals surface area (Å²) in [6.07, 6.45) is 0. The highest BCUT2D eigenvalue weighted by molar-refractivity contribution is 7.98. The molecule has 5 rings (SSSR count). The number of sulfonamides is 1. The van der Waals surface area contributed by atoms with Crippen LogP contribution in [0.25, 0.3) is 27.6 Å². The zero-order chi connectivity index (χ0) is 23.3. The van der Waals surface area contributed by atoms with E-state index in [1.165, 1.54) is 29.4 Å². The van der Waals surface area contributed by atoms with Crippen LogP contribution in [0.1, 0.15) is 18.3 Å². The molecular weight excluding hydrogens is 456 g/mol. The van der Waals surface area contributed by atoms with Crippen molar-refractivity contribution in [2.24, 2.45) is 0 Å². The highest BCUT2D eigenvalue weighted by Gasteiger charge is 2.20. The molecule has 0 fully saturated rings. The average molecular weight is 481 g/mol. The van der Waals surface area contributed by atoms with Crippen molar-refractivity contribution in [2.75, 3.05) is 14.1 Å². The Balaban J connectivity index is 1.54. The van der Waals surface area contributed by atoms with Gasteiger partial charge in [-0.1, -0.05) is 30.0 Å². The van der Waals surface area contributed by atoms with E-state index in [4.69, 9.17) is 4.98 Å². The van der Waals surface area contributed by atoms with E-state index in [1.54, 1.807) is 23.9 Å². The maximum atomic E-state index is 12.5. The Kier molecular flexibility index (Phi) is 5.38. The number of fused-ring (bicyclic) bond motifs is 4. The van der Waals surface area contributed by atoms with Crippen LogP contribution in [0.3, 0.4) is 0 Å². The maximum absolute atomic E-state index is 12.5. The van der Waals surface area contributed by atoms with Crippen molar-refractivity contribution in [2.45, 2.75) is 36.2 Å². The van der Waals surface area contributed by atoms with Gasteiger partial charge in [0.15, 0.2) is 10.8 Å². The lowest BCUT2D eigenvalue weighted by atomic mass is 10.1. The van der Waals surface area contributed by atoms with Crippen molar-refractivity contribution in [1.29, 1.82) is 0 Å². The van der Waals surface area contributed by atoms with Crippen LogP contribution in [0.5, 0.6) is 0 Å². The molecule has 8 nitrogen and oxygen atoms in total. The number of rotatable bonds is 6. The summed E-state index contributed by atoms with van der Waals surface area (Å²) >= 11 is 1.57. The van der Waals surface area contributed by atoms with E-state index < -0.39 is 10.0 Å². The highest BCUT2D eigenvalue weighted by Crippen LogP contribution is 2.29. The number of imidazole rings is 1. The molecule has 0 N–H and O–H groups in total. The zero-order valence-corrected chi connectivity index (χ0v) is 20.5. The van der Waals surface area contributed by atoms with Gasteiger partial charge in [-0.05, 0) is 49.7 Å². The molecule has 3 aromatic heterocycles. The van der Waals surface area contributed by atoms with E-state index >= 15 is 0 Å². The molecule has 0 bridgehead atoms. The van der Waals surface area contributed by atoms with Crippen molar-refractivity contribution in [1.82, 2.24) is 28.5 Å². The van der Waals surface area contributed by atoms with Gasteiger partial charge in [0.05, 0.1) is 27.2 Å². The maximum Gasteiger partial charge on any atom is 0.242 e. The second-order valence-corrected chi connectivity index (χ2v) is 11.1. The van der Waals surface area contributed by atoms with Crippen molar-refractivity contribution in [3.63, 3.8) is 0 Å². The number of pyridine rings is 1. The molecule has 0 atom stereocenters. The summed E-state index contributed by atoms with van der Waals surface area (Å²) in [5.74, 6) is 1.45. The summed E-state index contributed by atoms with van der Waals surface area (Å²) in [6, 6.07) is 15.4. The Morgan fingerprint density at radius 1 is 1.03 bits per heavy atom. The van der Waals surface area contributed by atoms with Crippen molar-refractivity contribution in [3.8, 4) is 0 Å². The monoisotopic (exact) mass is 480 g/mol. The number of aryl methyl sites for hydroxylation is 2. The lowest BCUT2D eigenvalue weighted by Crippen LogP contribution is -2.22. The topological polar surface area (TPSA) is 85.4 Å². The molecule has 10 heteroatoms. The molecular formula is C23H24N6O2S2. The molecule has 170 valence electrons. The number of hydrogen-bond donors (Lipinski definition) is 0. The van der Waals surface area contributed by atoms with Gasteiger partial charge in [0.25, 0.3) is 0 Å². The summed E-state index contributed by atoms with van der Waals surface area (Å²) in [4.78, 5) is 5.02. The van der Waals surface area contributed by atoms with E-state index in [0.717, 1.165) is 34.2 Å². The first kappa shape index (κ1) is 21.9. The van der Waals surface area contributed by atoms with Crippen molar-refractivity contribution in [3.05, 3.63) is 59.9 Å². The summed E-state index contributed by atoms with van der Waals surface area (Å²) < 4.78 is 30.5. The summed E-state index contributed by atoms with van der Waals surface area (Å²) in [5, 5.41) is 10.8. The SMILES string of the molecule is CCn1c(CSc2nnc3cc(C)c4ccccc4n23)nc2cc(S(=O)(=O)N(C)C)ccc21. The Bertz CT molecular complexity index is 1620. The molecule has 2 aromatic carbocycles. The van der Waals surface area contributed by atoms with Crippen LogP contribution in [0, 0.1) is 6.92 Å². The van der Waals surface area contributed by atoms with Gasteiger partial charge < -0.3 is 4.57 Å². The molecule has 33 heavy (non-hydrogen) atoms. The fourth-order valence-corrected chi connectivity index (χ4v) is 5.91. The van der Waals surface area contributed by atoms with Gasteiger partial charge in [0, 0.05) is 26.0 Å².